The molecule has 0 bridgehead atoms. The molecule has 106 valence electrons. The van der Waals surface area contributed by atoms with Crippen molar-refractivity contribution in [1.82, 2.24) is 5.43 Å². The van der Waals surface area contributed by atoms with Gasteiger partial charge in [0, 0.05) is 18.8 Å². The number of hydrazine groups is 1. The fraction of sp³-hybridized carbons (Fsp3) is 0.571. The summed E-state index contributed by atoms with van der Waals surface area (Å²) in [6, 6.07) is 5.93. The first-order valence-corrected chi connectivity index (χ1v) is 6.56. The van der Waals surface area contributed by atoms with Crippen LogP contribution in [0, 0.1) is 5.92 Å². The van der Waals surface area contributed by atoms with Gasteiger partial charge in [-0.05, 0) is 24.8 Å². The zero-order valence-electron chi connectivity index (χ0n) is 11.5. The van der Waals surface area contributed by atoms with Gasteiger partial charge in [-0.1, -0.05) is 12.1 Å². The van der Waals surface area contributed by atoms with Gasteiger partial charge in [0.05, 0.1) is 20.3 Å². The van der Waals surface area contributed by atoms with Crippen molar-refractivity contribution in [3.8, 4) is 11.5 Å². The summed E-state index contributed by atoms with van der Waals surface area (Å²) in [4.78, 5) is 0. The molecule has 0 aliphatic carbocycles. The lowest BCUT2D eigenvalue weighted by molar-refractivity contribution is 0.0532. The molecule has 0 radical (unpaired) electrons. The van der Waals surface area contributed by atoms with Gasteiger partial charge in [0.15, 0.2) is 11.5 Å². The molecule has 0 amide bonds. The van der Waals surface area contributed by atoms with Crippen LogP contribution in [0.5, 0.6) is 11.5 Å². The van der Waals surface area contributed by atoms with E-state index in [1.165, 1.54) is 0 Å². The Morgan fingerprint density at radius 1 is 1.26 bits per heavy atom. The van der Waals surface area contributed by atoms with Crippen LogP contribution in [0.2, 0.25) is 0 Å². The molecule has 1 aliphatic rings. The summed E-state index contributed by atoms with van der Waals surface area (Å²) in [6.45, 7) is 1.57. The molecule has 2 rings (SSSR count). The van der Waals surface area contributed by atoms with E-state index in [-0.39, 0.29) is 6.04 Å². The summed E-state index contributed by atoms with van der Waals surface area (Å²) in [7, 11) is 3.29. The number of hydrogen-bond acceptors (Lipinski definition) is 5. The van der Waals surface area contributed by atoms with Crippen molar-refractivity contribution < 1.29 is 14.2 Å². The number of hydrogen-bond donors (Lipinski definition) is 2. The topological polar surface area (TPSA) is 65.7 Å². The van der Waals surface area contributed by atoms with Gasteiger partial charge in [-0.2, -0.15) is 0 Å². The van der Waals surface area contributed by atoms with Gasteiger partial charge in [-0.25, -0.2) is 0 Å². The maximum atomic E-state index is 5.76. The molecule has 1 aromatic rings. The van der Waals surface area contributed by atoms with Gasteiger partial charge >= 0.3 is 0 Å². The van der Waals surface area contributed by atoms with Gasteiger partial charge in [-0.3, -0.25) is 11.3 Å². The first-order chi connectivity index (χ1) is 9.31. The van der Waals surface area contributed by atoms with Crippen LogP contribution < -0.4 is 20.7 Å². The second-order valence-electron chi connectivity index (χ2n) is 4.68. The van der Waals surface area contributed by atoms with Gasteiger partial charge in [0.2, 0.25) is 0 Å². The molecule has 3 N–H and O–H groups in total. The highest BCUT2D eigenvalue weighted by Gasteiger charge is 2.27. The molecular formula is C14H22N2O3. The summed E-state index contributed by atoms with van der Waals surface area (Å²) in [6.07, 6.45) is 1.99. The summed E-state index contributed by atoms with van der Waals surface area (Å²) in [5.41, 5.74) is 3.96. The highest BCUT2D eigenvalue weighted by molar-refractivity contribution is 5.48. The van der Waals surface area contributed by atoms with Crippen LogP contribution in [-0.4, -0.2) is 27.4 Å². The Morgan fingerprint density at radius 3 is 2.58 bits per heavy atom. The van der Waals surface area contributed by atoms with Crippen LogP contribution in [0.4, 0.5) is 0 Å². The Bertz CT molecular complexity index is 406. The minimum absolute atomic E-state index is 0.0500. The molecule has 1 fully saturated rings. The largest absolute Gasteiger partial charge is 0.493 e. The second kappa shape index (κ2) is 6.75. The molecule has 1 atom stereocenters. The maximum Gasteiger partial charge on any atom is 0.165 e. The van der Waals surface area contributed by atoms with Gasteiger partial charge in [-0.15, -0.1) is 0 Å². The number of methoxy groups -OCH3 is 2. The molecule has 1 saturated heterocycles. The van der Waals surface area contributed by atoms with Crippen LogP contribution in [0.15, 0.2) is 18.2 Å². The SMILES string of the molecule is COc1cccc(C(NN)C2CCOCC2)c1OC. The Balaban J connectivity index is 2.31. The monoisotopic (exact) mass is 266 g/mol. The van der Waals surface area contributed by atoms with E-state index >= 15 is 0 Å². The van der Waals surface area contributed by atoms with Gasteiger partial charge in [0.25, 0.3) is 0 Å². The number of para-hydroxylation sites is 1. The quantitative estimate of drug-likeness (QED) is 0.626. The molecule has 1 unspecified atom stereocenters. The van der Waals surface area contributed by atoms with E-state index in [0.717, 1.165) is 43.1 Å². The molecule has 5 heteroatoms. The van der Waals surface area contributed by atoms with E-state index < -0.39 is 0 Å². The Labute approximate surface area is 114 Å². The molecule has 0 saturated carbocycles. The summed E-state index contributed by atoms with van der Waals surface area (Å²) in [5.74, 6) is 7.69. The van der Waals surface area contributed by atoms with E-state index in [0.29, 0.717) is 5.92 Å². The van der Waals surface area contributed by atoms with E-state index in [1.807, 2.05) is 18.2 Å². The van der Waals surface area contributed by atoms with Crippen LogP contribution in [0.1, 0.15) is 24.4 Å². The number of rotatable bonds is 5. The van der Waals surface area contributed by atoms with Crippen molar-refractivity contribution >= 4 is 0 Å². The van der Waals surface area contributed by atoms with Crippen LogP contribution in [0.3, 0.4) is 0 Å². The number of ether oxygens (including phenoxy) is 3. The molecule has 1 heterocycles. The van der Waals surface area contributed by atoms with Gasteiger partial charge in [0.1, 0.15) is 0 Å². The minimum atomic E-state index is 0.0500. The predicted molar refractivity (Wildman–Crippen MR) is 73.2 cm³/mol. The fourth-order valence-electron chi connectivity index (χ4n) is 2.69. The zero-order valence-corrected chi connectivity index (χ0v) is 11.5. The zero-order chi connectivity index (χ0) is 13.7. The molecule has 0 spiro atoms. The lowest BCUT2D eigenvalue weighted by Gasteiger charge is -2.31. The average Bonchev–Trinajstić information content (AvgIpc) is 2.48. The van der Waals surface area contributed by atoms with E-state index in [1.54, 1.807) is 14.2 Å². The summed E-state index contributed by atoms with van der Waals surface area (Å²) >= 11 is 0. The lowest BCUT2D eigenvalue weighted by atomic mass is 9.87. The van der Waals surface area contributed by atoms with E-state index in [9.17, 15) is 0 Å². The number of nitrogens with one attached hydrogen (secondary N) is 1. The normalized spacial score (nSPS) is 18.1. The lowest BCUT2D eigenvalue weighted by Crippen LogP contribution is -2.36. The van der Waals surface area contributed by atoms with E-state index in [2.05, 4.69) is 5.43 Å². The van der Waals surface area contributed by atoms with Crippen molar-refractivity contribution in [1.29, 1.82) is 0 Å². The third-order valence-corrected chi connectivity index (χ3v) is 3.69. The standard InChI is InChI=1S/C14H22N2O3/c1-17-12-5-3-4-11(14(12)18-2)13(16-15)10-6-8-19-9-7-10/h3-5,10,13,16H,6-9,15H2,1-2H3. The van der Waals surface area contributed by atoms with Crippen molar-refractivity contribution in [2.45, 2.75) is 18.9 Å². The van der Waals surface area contributed by atoms with Crippen LogP contribution in [0.25, 0.3) is 0 Å². The van der Waals surface area contributed by atoms with Crippen molar-refractivity contribution in [3.05, 3.63) is 23.8 Å². The third kappa shape index (κ3) is 3.00. The van der Waals surface area contributed by atoms with Crippen molar-refractivity contribution in [2.75, 3.05) is 27.4 Å². The van der Waals surface area contributed by atoms with Crippen LogP contribution in [-0.2, 0) is 4.74 Å². The first-order valence-electron chi connectivity index (χ1n) is 6.56. The predicted octanol–water partition coefficient (Wildman–Crippen LogP) is 1.63. The fourth-order valence-corrected chi connectivity index (χ4v) is 2.69. The Morgan fingerprint density at radius 2 is 2.00 bits per heavy atom. The van der Waals surface area contributed by atoms with E-state index in [4.69, 9.17) is 20.1 Å². The maximum absolute atomic E-state index is 5.76. The molecule has 0 aromatic heterocycles. The number of nitrogens with two attached hydrogens (primary N) is 1. The molecular weight excluding hydrogens is 244 g/mol. The Hall–Kier alpha value is -1.30. The van der Waals surface area contributed by atoms with Crippen LogP contribution >= 0.6 is 0 Å². The second-order valence-corrected chi connectivity index (χ2v) is 4.68. The summed E-state index contributed by atoms with van der Waals surface area (Å²) in [5, 5.41) is 0. The molecule has 5 nitrogen and oxygen atoms in total. The third-order valence-electron chi connectivity index (χ3n) is 3.69. The number of benzene rings is 1. The Kier molecular flexibility index (Phi) is 5.01. The summed E-state index contributed by atoms with van der Waals surface area (Å²) < 4.78 is 16.2. The molecule has 1 aliphatic heterocycles. The van der Waals surface area contributed by atoms with Crippen molar-refractivity contribution in [3.63, 3.8) is 0 Å². The highest BCUT2D eigenvalue weighted by Crippen LogP contribution is 2.39. The highest BCUT2D eigenvalue weighted by atomic mass is 16.5. The average molecular weight is 266 g/mol. The minimum Gasteiger partial charge on any atom is -0.493 e. The first kappa shape index (κ1) is 14.1. The van der Waals surface area contributed by atoms with Crippen molar-refractivity contribution in [2.24, 2.45) is 11.8 Å². The molecule has 1 aromatic carbocycles. The van der Waals surface area contributed by atoms with Gasteiger partial charge < -0.3 is 14.2 Å². The molecule has 19 heavy (non-hydrogen) atoms. The smallest absolute Gasteiger partial charge is 0.165 e.